The monoisotopic (exact) mass is 362 g/mol. The third-order valence-corrected chi connectivity index (χ3v) is 6.29. The summed E-state index contributed by atoms with van der Waals surface area (Å²) in [5.74, 6) is 1.05. The van der Waals surface area contributed by atoms with Crippen molar-refractivity contribution in [2.45, 2.75) is 24.0 Å². The van der Waals surface area contributed by atoms with Gasteiger partial charge in [-0.15, -0.1) is 11.8 Å². The van der Waals surface area contributed by atoms with Crippen molar-refractivity contribution in [1.82, 2.24) is 0 Å². The van der Waals surface area contributed by atoms with E-state index >= 15 is 0 Å². The summed E-state index contributed by atoms with van der Waals surface area (Å²) in [5.41, 5.74) is 3.93. The number of rotatable bonds is 9. The van der Waals surface area contributed by atoms with E-state index in [1.54, 1.807) is 0 Å². The van der Waals surface area contributed by atoms with Crippen LogP contribution >= 0.6 is 11.8 Å². The highest BCUT2D eigenvalue weighted by atomic mass is 32.2. The van der Waals surface area contributed by atoms with E-state index in [2.05, 4.69) is 91.0 Å². The zero-order valence-corrected chi connectivity index (χ0v) is 15.9. The lowest BCUT2D eigenvalue weighted by Crippen LogP contribution is -2.26. The molecule has 1 nitrogen and oxygen atoms in total. The Labute approximate surface area is 161 Å². The van der Waals surface area contributed by atoms with E-state index in [1.165, 1.54) is 16.7 Å². The molecule has 26 heavy (non-hydrogen) atoms. The number of hydrogen-bond donors (Lipinski definition) is 1. The first-order valence-electron chi connectivity index (χ1n) is 9.29. The summed E-state index contributed by atoms with van der Waals surface area (Å²) in [6.07, 6.45) is 3.06. The second-order valence-electron chi connectivity index (χ2n) is 6.41. The van der Waals surface area contributed by atoms with Gasteiger partial charge in [0.2, 0.25) is 0 Å². The van der Waals surface area contributed by atoms with E-state index in [0.717, 1.165) is 25.0 Å². The maximum Gasteiger partial charge on any atom is 0.0906 e. The van der Waals surface area contributed by atoms with Crippen LogP contribution in [0.1, 0.15) is 36.0 Å². The van der Waals surface area contributed by atoms with Crippen LogP contribution in [-0.2, 0) is 4.75 Å². The van der Waals surface area contributed by atoms with Gasteiger partial charge in [0, 0.05) is 6.61 Å². The molecule has 0 saturated carbocycles. The molecule has 0 radical (unpaired) electrons. The third kappa shape index (κ3) is 4.20. The molecule has 1 N–H and O–H groups in total. The minimum absolute atomic E-state index is 0.219. The van der Waals surface area contributed by atoms with Crippen LogP contribution in [0, 0.1) is 0 Å². The van der Waals surface area contributed by atoms with Crippen molar-refractivity contribution in [3.8, 4) is 0 Å². The van der Waals surface area contributed by atoms with Crippen LogP contribution in [0.25, 0.3) is 0 Å². The molecular weight excluding hydrogens is 336 g/mol. The summed E-state index contributed by atoms with van der Waals surface area (Å²) < 4.78 is -0.219. The van der Waals surface area contributed by atoms with Gasteiger partial charge in [-0.1, -0.05) is 97.4 Å². The van der Waals surface area contributed by atoms with Crippen molar-refractivity contribution in [2.24, 2.45) is 0 Å². The van der Waals surface area contributed by atoms with Crippen molar-refractivity contribution in [3.63, 3.8) is 0 Å². The van der Waals surface area contributed by atoms with Crippen molar-refractivity contribution >= 4 is 11.8 Å². The van der Waals surface area contributed by atoms with Crippen LogP contribution in [0.15, 0.2) is 91.0 Å². The first kappa shape index (κ1) is 18.8. The fourth-order valence-electron chi connectivity index (χ4n) is 3.38. The Morgan fingerprint density at radius 3 is 1.38 bits per heavy atom. The third-order valence-electron chi connectivity index (χ3n) is 4.66. The first-order valence-corrected chi connectivity index (χ1v) is 10.3. The Balaban J connectivity index is 2.06. The summed E-state index contributed by atoms with van der Waals surface area (Å²) in [4.78, 5) is 0. The normalized spacial score (nSPS) is 11.4. The van der Waals surface area contributed by atoms with Crippen LogP contribution in [0.4, 0.5) is 0 Å². The number of thioether (sulfide) groups is 1. The van der Waals surface area contributed by atoms with Gasteiger partial charge in [0.05, 0.1) is 4.75 Å². The van der Waals surface area contributed by atoms with Crippen LogP contribution in [0.5, 0.6) is 0 Å². The van der Waals surface area contributed by atoms with Gasteiger partial charge >= 0.3 is 0 Å². The predicted molar refractivity (Wildman–Crippen MR) is 113 cm³/mol. The summed E-state index contributed by atoms with van der Waals surface area (Å²) >= 11 is 2.00. The van der Waals surface area contributed by atoms with Crippen LogP contribution in [0.3, 0.4) is 0 Å². The molecule has 0 heterocycles. The van der Waals surface area contributed by atoms with Crippen molar-refractivity contribution in [2.75, 3.05) is 12.4 Å². The summed E-state index contributed by atoms with van der Waals surface area (Å²) in [6.45, 7) is 0.284. The maximum atomic E-state index is 9.05. The first-order chi connectivity index (χ1) is 12.9. The minimum atomic E-state index is -0.219. The van der Waals surface area contributed by atoms with Gasteiger partial charge in [-0.25, -0.2) is 0 Å². The highest BCUT2D eigenvalue weighted by Crippen LogP contribution is 2.48. The zero-order chi connectivity index (χ0) is 18.1. The van der Waals surface area contributed by atoms with E-state index in [1.807, 2.05) is 11.8 Å². The SMILES string of the molecule is OCCCCCSC(c1ccccc1)(c1ccccc1)c1ccccc1. The van der Waals surface area contributed by atoms with E-state index in [0.29, 0.717) is 0 Å². The number of benzene rings is 3. The quantitative estimate of drug-likeness (QED) is 0.379. The second kappa shape index (κ2) is 9.61. The average Bonchev–Trinajstić information content (AvgIpc) is 2.73. The lowest BCUT2D eigenvalue weighted by atomic mass is 9.84. The van der Waals surface area contributed by atoms with Crippen LogP contribution in [0.2, 0.25) is 0 Å². The molecule has 3 aromatic rings. The number of unbranched alkanes of at least 4 members (excludes halogenated alkanes) is 2. The minimum Gasteiger partial charge on any atom is -0.396 e. The molecular formula is C24H26OS. The van der Waals surface area contributed by atoms with Gasteiger partial charge in [-0.3, -0.25) is 0 Å². The fourth-order valence-corrected chi connectivity index (χ4v) is 4.95. The number of aliphatic hydroxyl groups excluding tert-OH is 1. The van der Waals surface area contributed by atoms with Gasteiger partial charge in [0.15, 0.2) is 0 Å². The summed E-state index contributed by atoms with van der Waals surface area (Å²) in [6, 6.07) is 32.4. The lowest BCUT2D eigenvalue weighted by molar-refractivity contribution is 0.284. The molecule has 0 fully saturated rings. The van der Waals surface area contributed by atoms with E-state index in [-0.39, 0.29) is 11.4 Å². The average molecular weight is 363 g/mol. The maximum absolute atomic E-state index is 9.05. The Morgan fingerprint density at radius 2 is 1.00 bits per heavy atom. The van der Waals surface area contributed by atoms with Crippen LogP contribution < -0.4 is 0 Å². The van der Waals surface area contributed by atoms with Crippen molar-refractivity contribution in [1.29, 1.82) is 0 Å². The molecule has 0 saturated heterocycles. The lowest BCUT2D eigenvalue weighted by Gasteiger charge is -2.35. The molecule has 3 aromatic carbocycles. The number of hydrogen-bond acceptors (Lipinski definition) is 2. The molecule has 0 aromatic heterocycles. The zero-order valence-electron chi connectivity index (χ0n) is 15.1. The number of aliphatic hydroxyl groups is 1. The van der Waals surface area contributed by atoms with E-state index in [4.69, 9.17) is 5.11 Å². The molecule has 0 amide bonds. The topological polar surface area (TPSA) is 20.2 Å². The highest BCUT2D eigenvalue weighted by molar-refractivity contribution is 8.00. The van der Waals surface area contributed by atoms with Gasteiger partial charge < -0.3 is 5.11 Å². The molecule has 0 bridgehead atoms. The molecule has 0 aliphatic heterocycles. The van der Waals surface area contributed by atoms with Crippen molar-refractivity contribution < 1.29 is 5.11 Å². The molecule has 3 rings (SSSR count). The highest BCUT2D eigenvalue weighted by Gasteiger charge is 2.36. The molecule has 0 atom stereocenters. The standard InChI is InChI=1S/C24H26OS/c25-19-11-4-12-20-26-24(21-13-5-1-6-14-21,22-15-7-2-8-16-22)23-17-9-3-10-18-23/h1-3,5-10,13-18,25H,4,11-12,19-20H2. The molecule has 2 heteroatoms. The smallest absolute Gasteiger partial charge is 0.0906 e. The molecule has 134 valence electrons. The van der Waals surface area contributed by atoms with Gasteiger partial charge in [0.1, 0.15) is 0 Å². The molecule has 0 spiro atoms. The predicted octanol–water partition coefficient (Wildman–Crippen LogP) is 5.87. The Bertz CT molecular complexity index is 659. The molecule has 0 aliphatic carbocycles. The largest absolute Gasteiger partial charge is 0.396 e. The van der Waals surface area contributed by atoms with Gasteiger partial charge in [-0.05, 0) is 35.3 Å². The van der Waals surface area contributed by atoms with Gasteiger partial charge in [0.25, 0.3) is 0 Å². The summed E-state index contributed by atoms with van der Waals surface area (Å²) in [7, 11) is 0. The van der Waals surface area contributed by atoms with Crippen molar-refractivity contribution in [3.05, 3.63) is 108 Å². The fraction of sp³-hybridized carbons (Fsp3) is 0.250. The van der Waals surface area contributed by atoms with E-state index < -0.39 is 0 Å². The Kier molecular flexibility index (Phi) is 6.93. The van der Waals surface area contributed by atoms with Gasteiger partial charge in [-0.2, -0.15) is 0 Å². The second-order valence-corrected chi connectivity index (χ2v) is 7.72. The summed E-state index contributed by atoms with van der Waals surface area (Å²) in [5, 5.41) is 9.05. The van der Waals surface area contributed by atoms with E-state index in [9.17, 15) is 0 Å². The Hall–Kier alpha value is -2.03. The Morgan fingerprint density at radius 1 is 0.577 bits per heavy atom. The molecule has 0 unspecified atom stereocenters. The van der Waals surface area contributed by atoms with Crippen LogP contribution in [-0.4, -0.2) is 17.5 Å². The molecule has 0 aliphatic rings.